The number of hydrogen-bond acceptors (Lipinski definition) is 13. The van der Waals surface area contributed by atoms with Gasteiger partial charge in [-0.05, 0) is 119 Å². The number of rotatable bonds is 11. The molecule has 101 heavy (non-hydrogen) atoms. The van der Waals surface area contributed by atoms with E-state index in [4.69, 9.17) is 16.3 Å². The molecule has 7 fully saturated rings. The first-order chi connectivity index (χ1) is 47.8. The first kappa shape index (κ1) is 79.6. The molecule has 0 bridgehead atoms. The third-order valence-electron chi connectivity index (χ3n) is 22.6. The number of aryl methyl sites for hydroxylation is 1. The molecule has 562 valence electrons. The minimum absolute atomic E-state index is 0.0214. The van der Waals surface area contributed by atoms with E-state index in [2.05, 4.69) is 21.3 Å². The van der Waals surface area contributed by atoms with Crippen LogP contribution in [0, 0.1) is 23.7 Å². The summed E-state index contributed by atoms with van der Waals surface area (Å²) < 4.78 is 47.2. The Balaban J connectivity index is 1.17. The summed E-state index contributed by atoms with van der Waals surface area (Å²) in [6.07, 6.45) is 4.01. The summed E-state index contributed by atoms with van der Waals surface area (Å²) in [6, 6.07) is -7.90. The number of halogens is 4. The van der Waals surface area contributed by atoms with Crippen molar-refractivity contribution in [1.29, 1.82) is 0 Å². The maximum Gasteiger partial charge on any atom is 0.417 e. The molecule has 4 aliphatic heterocycles. The van der Waals surface area contributed by atoms with E-state index in [0.717, 1.165) is 62.0 Å². The number of hydrogen-bond donors (Lipinski definition) is 4. The molecule has 0 aromatic heterocycles. The van der Waals surface area contributed by atoms with Gasteiger partial charge in [0.25, 0.3) is 0 Å². The number of alkyl halides is 3. The first-order valence-electron chi connectivity index (χ1n) is 36.6. The molecule has 4 N–H and O–H groups in total. The average molecular weight is 1440 g/mol. The second-order valence-corrected chi connectivity index (χ2v) is 30.3. The van der Waals surface area contributed by atoms with Crippen LogP contribution in [0.1, 0.15) is 181 Å². The summed E-state index contributed by atoms with van der Waals surface area (Å²) in [4.78, 5) is 190. The number of ether oxygens (including phenoxy) is 1. The standard InChI is InChI=1S/C72H108ClF3N12O13/c1-11-44(4)59-69(99)82(7)45(5)64(94)88-33-29-54(88)68(98)84(9)56(40-46-20-13-12-14-21-46)67(97)81(6)42-57(89)77-51(28-26-47-25-27-49(50(73)39-47)72(74,75)76)66(96)87-32-19-24-53(87)62(92)80-71(30-17-18-31-71)70(100)85(10)60(48-22-15-16-23-48)63(93)78-52(65(95)86-34-36-101-37-35-86)41-58(90)83(8)55(38-43(2)3)61(91)79-59/h25,27,39,43-46,48,51-56,59-60H,11-24,26,28-38,40-42H2,1-10H3,(H,77,89)(H,78,93)(H,79,91)(H,80,92)/t44-,45-,51-,52-,53-,54-,55-,56-,59-,60-/m0/s1. The molecule has 25 nitrogen and oxygen atoms in total. The lowest BCUT2D eigenvalue weighted by molar-refractivity contribution is -0.160. The van der Waals surface area contributed by atoms with Crippen LogP contribution in [0.3, 0.4) is 0 Å². The summed E-state index contributed by atoms with van der Waals surface area (Å²) in [5, 5.41) is 11.1. The summed E-state index contributed by atoms with van der Waals surface area (Å²) >= 11 is 6.16. The Morgan fingerprint density at radius 1 is 0.663 bits per heavy atom. The summed E-state index contributed by atoms with van der Waals surface area (Å²) in [6.45, 7) is 9.08. The van der Waals surface area contributed by atoms with Gasteiger partial charge in [-0.2, -0.15) is 13.2 Å². The van der Waals surface area contributed by atoms with Crippen LogP contribution in [-0.2, 0) is 74.9 Å². The maximum absolute atomic E-state index is 15.6. The molecule has 0 unspecified atom stereocenters. The zero-order valence-electron chi connectivity index (χ0n) is 60.6. The van der Waals surface area contributed by atoms with Crippen LogP contribution >= 0.6 is 11.6 Å². The number of amides is 12. The van der Waals surface area contributed by atoms with Crippen molar-refractivity contribution < 1.29 is 75.4 Å². The highest BCUT2D eigenvalue weighted by atomic mass is 35.5. The minimum Gasteiger partial charge on any atom is -0.378 e. The number of benzene rings is 1. The van der Waals surface area contributed by atoms with Crippen LogP contribution in [0.2, 0.25) is 5.02 Å². The van der Waals surface area contributed by atoms with Crippen LogP contribution in [-0.4, -0.2) is 251 Å². The Morgan fingerprint density at radius 2 is 1.31 bits per heavy atom. The molecule has 0 radical (unpaired) electrons. The highest BCUT2D eigenvalue weighted by Gasteiger charge is 2.52. The van der Waals surface area contributed by atoms with Gasteiger partial charge in [-0.1, -0.05) is 110 Å². The van der Waals surface area contributed by atoms with Crippen LogP contribution in [0.5, 0.6) is 0 Å². The van der Waals surface area contributed by atoms with E-state index in [9.17, 15) is 51.5 Å². The third kappa shape index (κ3) is 19.0. The molecule has 4 heterocycles. The molecule has 29 heteroatoms. The summed E-state index contributed by atoms with van der Waals surface area (Å²) in [5.74, 6) is -8.87. The van der Waals surface area contributed by atoms with Crippen molar-refractivity contribution in [3.8, 4) is 0 Å². The van der Waals surface area contributed by atoms with Gasteiger partial charge >= 0.3 is 6.18 Å². The maximum atomic E-state index is 15.6. The van der Waals surface area contributed by atoms with Crippen LogP contribution < -0.4 is 21.3 Å². The number of carbonyl (C=O) groups excluding carboxylic acids is 12. The Morgan fingerprint density at radius 3 is 1.91 bits per heavy atom. The van der Waals surface area contributed by atoms with Gasteiger partial charge in [-0.3, -0.25) is 57.5 Å². The van der Waals surface area contributed by atoms with Crippen LogP contribution in [0.25, 0.3) is 0 Å². The van der Waals surface area contributed by atoms with Gasteiger partial charge in [0.2, 0.25) is 70.9 Å². The number of morpholine rings is 1. The zero-order chi connectivity index (χ0) is 73.9. The van der Waals surface area contributed by atoms with Gasteiger partial charge in [0.15, 0.2) is 0 Å². The highest BCUT2D eigenvalue weighted by Crippen LogP contribution is 2.39. The molecule has 1 aromatic carbocycles. The van der Waals surface area contributed by atoms with Gasteiger partial charge < -0.3 is 65.2 Å². The normalized spacial score (nSPS) is 28.5. The number of nitrogens with zero attached hydrogens (tertiary/aromatic N) is 8. The van der Waals surface area contributed by atoms with Crippen molar-refractivity contribution in [2.24, 2.45) is 23.7 Å². The fraction of sp³-hybridized carbons (Fsp3) is 0.750. The number of carbonyl (C=O) groups is 12. The molecular weight excluding hydrogens is 1330 g/mol. The highest BCUT2D eigenvalue weighted by molar-refractivity contribution is 6.31. The van der Waals surface area contributed by atoms with E-state index in [1.165, 1.54) is 82.5 Å². The van der Waals surface area contributed by atoms with E-state index >= 15 is 19.2 Å². The van der Waals surface area contributed by atoms with Crippen molar-refractivity contribution in [3.05, 3.63) is 34.3 Å². The Kier molecular flexibility index (Phi) is 27.5. The van der Waals surface area contributed by atoms with Crippen molar-refractivity contribution in [2.45, 2.75) is 242 Å². The van der Waals surface area contributed by atoms with E-state index in [1.807, 2.05) is 20.8 Å². The van der Waals surface area contributed by atoms with Crippen molar-refractivity contribution in [1.82, 2.24) is 60.5 Å². The summed E-state index contributed by atoms with van der Waals surface area (Å²) in [5.41, 5.74) is -2.35. The lowest BCUT2D eigenvalue weighted by Crippen LogP contribution is -2.65. The second-order valence-electron chi connectivity index (χ2n) is 29.9. The molecule has 4 saturated heterocycles. The lowest BCUT2D eigenvalue weighted by Gasteiger charge is -2.45. The van der Waals surface area contributed by atoms with Crippen LogP contribution in [0.15, 0.2) is 18.2 Å². The monoisotopic (exact) mass is 1440 g/mol. The fourth-order valence-corrected chi connectivity index (χ4v) is 16.3. The number of likely N-dealkylation sites (N-methyl/N-ethyl adjacent to an activating group) is 5. The minimum atomic E-state index is -4.76. The molecule has 1 aromatic rings. The molecule has 1 spiro atoms. The third-order valence-corrected chi connectivity index (χ3v) is 22.9. The van der Waals surface area contributed by atoms with Gasteiger partial charge in [-0.25, -0.2) is 0 Å². The molecule has 3 saturated carbocycles. The van der Waals surface area contributed by atoms with Gasteiger partial charge in [0, 0.05) is 61.4 Å². The zero-order valence-corrected chi connectivity index (χ0v) is 61.4. The Bertz CT molecular complexity index is 3190. The van der Waals surface area contributed by atoms with Crippen molar-refractivity contribution in [3.63, 3.8) is 0 Å². The summed E-state index contributed by atoms with van der Waals surface area (Å²) in [7, 11) is 7.21. The smallest absolute Gasteiger partial charge is 0.378 e. The van der Waals surface area contributed by atoms with E-state index in [1.54, 1.807) is 6.92 Å². The van der Waals surface area contributed by atoms with E-state index < -0.39 is 172 Å². The van der Waals surface area contributed by atoms with Gasteiger partial charge in [0.05, 0.1) is 36.8 Å². The molecule has 8 rings (SSSR count). The van der Waals surface area contributed by atoms with Crippen molar-refractivity contribution >= 4 is 82.5 Å². The molecular formula is C72H108ClF3N12O13. The molecule has 7 aliphatic rings. The average Bonchev–Trinajstić information content (AvgIpc) is 1.68. The Hall–Kier alpha value is -7.10. The quantitative estimate of drug-likeness (QED) is 0.226. The molecule has 10 atom stereocenters. The predicted octanol–water partition coefficient (Wildman–Crippen LogP) is 5.07. The second kappa shape index (κ2) is 34.9. The fourth-order valence-electron chi connectivity index (χ4n) is 16.0. The first-order valence-corrected chi connectivity index (χ1v) is 37.0. The lowest BCUT2D eigenvalue weighted by atomic mass is 9.84. The van der Waals surface area contributed by atoms with Gasteiger partial charge in [0.1, 0.15) is 59.9 Å². The van der Waals surface area contributed by atoms with E-state index in [-0.39, 0.29) is 103 Å². The van der Waals surface area contributed by atoms with Gasteiger partial charge in [-0.15, -0.1) is 0 Å². The predicted molar refractivity (Wildman–Crippen MR) is 368 cm³/mol. The molecule has 3 aliphatic carbocycles. The van der Waals surface area contributed by atoms with Crippen molar-refractivity contribution in [2.75, 3.05) is 81.2 Å². The topological polar surface area (TPSA) is 288 Å². The van der Waals surface area contributed by atoms with E-state index in [0.29, 0.717) is 44.1 Å². The SMILES string of the molecule is CC[C@H](C)[C@@H]1NC(=O)[C@H](CC(C)C)N(C)C(=O)C[C@@H](C(=O)N2CCOCC2)NC(=O)[C@H](C2CCCC2)N(C)C(=O)C2(CCCC2)NC(=O)[C@@H]2CCCN2C(=O)[C@H](CCc2ccc(C(F)(F)F)c(Cl)c2)NC(=O)CN(C)C(=O)[C@H](CC2CCCCC2)N(C)C(=O)[C@@H]2CCN2C(=O)[C@H](C)N(C)C1=O. The number of nitrogens with one attached hydrogen (secondary N) is 4. The molecule has 12 amide bonds. The largest absolute Gasteiger partial charge is 0.417 e. The number of fused-ring (bicyclic) bond motifs is 2. The Labute approximate surface area is 597 Å². The van der Waals surface area contributed by atoms with Crippen LogP contribution in [0.4, 0.5) is 13.2 Å².